The number of carbonyl (C=O) groups is 3. The van der Waals surface area contributed by atoms with Crippen molar-refractivity contribution >= 4 is 18.2 Å². The minimum atomic E-state index is -1.35. The summed E-state index contributed by atoms with van der Waals surface area (Å²) in [5.41, 5.74) is 4.32. The third kappa shape index (κ3) is 5.56. The number of ether oxygens (including phenoxy) is 2. The van der Waals surface area contributed by atoms with Crippen molar-refractivity contribution in [2.24, 2.45) is 17.8 Å². The second kappa shape index (κ2) is 11.0. The number of aliphatic carboxylic acids is 1. The van der Waals surface area contributed by atoms with Crippen LogP contribution >= 0.6 is 0 Å². The van der Waals surface area contributed by atoms with Crippen LogP contribution in [0.2, 0.25) is 0 Å². The SMILES string of the molecule is O=C(NC[C@@H](NC(=O)OCC1c2ccccc2-c2ccccc21)C(=O)O)OC[C@H]1[C@@H]2CCC#CCC[C@@H]21. The fourth-order valence-corrected chi connectivity index (χ4v) is 5.67. The minimum absolute atomic E-state index is 0.0659. The Hall–Kier alpha value is -3.99. The van der Waals surface area contributed by atoms with E-state index in [1.165, 1.54) is 0 Å². The maximum absolute atomic E-state index is 12.5. The highest BCUT2D eigenvalue weighted by molar-refractivity contribution is 5.81. The van der Waals surface area contributed by atoms with E-state index in [0.29, 0.717) is 24.4 Å². The van der Waals surface area contributed by atoms with Crippen molar-refractivity contribution in [3.05, 3.63) is 59.7 Å². The highest BCUT2D eigenvalue weighted by Gasteiger charge is 2.49. The van der Waals surface area contributed by atoms with Crippen LogP contribution in [0, 0.1) is 29.6 Å². The molecule has 37 heavy (non-hydrogen) atoms. The van der Waals surface area contributed by atoms with E-state index in [1.807, 2.05) is 48.5 Å². The molecule has 3 aliphatic carbocycles. The lowest BCUT2D eigenvalue weighted by Crippen LogP contribution is -2.48. The molecule has 2 aromatic rings. The number of amides is 2. The van der Waals surface area contributed by atoms with E-state index < -0.39 is 24.2 Å². The standard InChI is InChI=1S/C29H30N2O6/c32-27(33)26(15-30-28(34)36-16-24-22-9-3-1-2-4-10-23(22)24)31-29(35)37-17-25-20-13-7-5-11-18(20)19-12-6-8-14-21(19)25/h5-8,11-14,22-26H,3-4,9-10,15-17H2,(H,30,34)(H,31,35)(H,32,33)/t22-,23+,24+,26-/m1/s1. The summed E-state index contributed by atoms with van der Waals surface area (Å²) < 4.78 is 10.7. The van der Waals surface area contributed by atoms with Crippen LogP contribution in [0.1, 0.15) is 42.7 Å². The third-order valence-electron chi connectivity index (χ3n) is 7.63. The molecule has 0 aliphatic heterocycles. The Morgan fingerprint density at radius 2 is 1.43 bits per heavy atom. The lowest BCUT2D eigenvalue weighted by molar-refractivity contribution is -0.139. The van der Waals surface area contributed by atoms with E-state index in [1.54, 1.807) is 0 Å². The van der Waals surface area contributed by atoms with Crippen molar-refractivity contribution in [2.45, 2.75) is 37.6 Å². The van der Waals surface area contributed by atoms with Crippen molar-refractivity contribution in [1.82, 2.24) is 10.6 Å². The highest BCUT2D eigenvalue weighted by Crippen LogP contribution is 2.52. The largest absolute Gasteiger partial charge is 0.480 e. The van der Waals surface area contributed by atoms with Gasteiger partial charge in [-0.25, -0.2) is 14.4 Å². The van der Waals surface area contributed by atoms with Gasteiger partial charge in [-0.05, 0) is 52.8 Å². The first-order valence-corrected chi connectivity index (χ1v) is 12.7. The molecular formula is C29H30N2O6. The monoisotopic (exact) mass is 502 g/mol. The van der Waals surface area contributed by atoms with Crippen molar-refractivity contribution in [2.75, 3.05) is 19.8 Å². The molecule has 4 atom stereocenters. The van der Waals surface area contributed by atoms with Gasteiger partial charge in [-0.15, -0.1) is 11.8 Å². The first-order chi connectivity index (χ1) is 18.0. The first kappa shape index (κ1) is 24.7. The number of carboxylic acid groups (broad SMARTS) is 1. The number of rotatable bonds is 8. The average Bonchev–Trinajstić information content (AvgIpc) is 3.42. The number of fused-ring (bicyclic) bond motifs is 4. The number of benzene rings is 2. The Morgan fingerprint density at radius 3 is 2.03 bits per heavy atom. The quantitative estimate of drug-likeness (QED) is 0.468. The van der Waals surface area contributed by atoms with E-state index in [4.69, 9.17) is 9.47 Å². The van der Waals surface area contributed by atoms with Crippen LogP contribution in [0.5, 0.6) is 0 Å². The van der Waals surface area contributed by atoms with Gasteiger partial charge >= 0.3 is 18.2 Å². The van der Waals surface area contributed by atoms with Gasteiger partial charge in [0.25, 0.3) is 0 Å². The predicted molar refractivity (Wildman–Crippen MR) is 136 cm³/mol. The highest BCUT2D eigenvalue weighted by atomic mass is 16.6. The van der Waals surface area contributed by atoms with Crippen LogP contribution in [0.15, 0.2) is 48.5 Å². The zero-order valence-corrected chi connectivity index (χ0v) is 20.4. The summed E-state index contributed by atoms with van der Waals surface area (Å²) in [6, 6.07) is 14.5. The summed E-state index contributed by atoms with van der Waals surface area (Å²) in [4.78, 5) is 36.3. The molecule has 0 saturated heterocycles. The fraction of sp³-hybridized carbons (Fsp3) is 0.414. The summed E-state index contributed by atoms with van der Waals surface area (Å²) in [5, 5.41) is 14.3. The van der Waals surface area contributed by atoms with Crippen LogP contribution in [0.3, 0.4) is 0 Å². The molecule has 0 bridgehead atoms. The van der Waals surface area contributed by atoms with E-state index in [9.17, 15) is 19.5 Å². The van der Waals surface area contributed by atoms with E-state index in [0.717, 1.165) is 47.9 Å². The number of nitrogens with one attached hydrogen (secondary N) is 2. The van der Waals surface area contributed by atoms with Gasteiger partial charge in [0.15, 0.2) is 0 Å². The van der Waals surface area contributed by atoms with E-state index >= 15 is 0 Å². The van der Waals surface area contributed by atoms with Crippen molar-refractivity contribution in [3.63, 3.8) is 0 Å². The molecule has 5 rings (SSSR count). The number of alkyl carbamates (subject to hydrolysis) is 2. The van der Waals surface area contributed by atoms with Crippen molar-refractivity contribution < 1.29 is 29.0 Å². The molecule has 0 spiro atoms. The molecular weight excluding hydrogens is 472 g/mol. The molecule has 3 aliphatic rings. The van der Waals surface area contributed by atoms with Crippen LogP contribution < -0.4 is 10.6 Å². The molecule has 8 heteroatoms. The lowest BCUT2D eigenvalue weighted by atomic mass is 9.98. The molecule has 0 radical (unpaired) electrons. The molecule has 0 heterocycles. The summed E-state index contributed by atoms with van der Waals surface area (Å²) in [6.07, 6.45) is 2.26. The molecule has 0 aromatic heterocycles. The number of hydrogen-bond acceptors (Lipinski definition) is 5. The molecule has 192 valence electrons. The predicted octanol–water partition coefficient (Wildman–Crippen LogP) is 4.14. The Morgan fingerprint density at radius 1 is 0.865 bits per heavy atom. The van der Waals surface area contributed by atoms with Crippen molar-refractivity contribution in [3.8, 4) is 23.0 Å². The summed E-state index contributed by atoms with van der Waals surface area (Å²) in [7, 11) is 0. The Labute approximate surface area is 215 Å². The molecule has 3 N–H and O–H groups in total. The van der Waals surface area contributed by atoms with Gasteiger partial charge in [-0.3, -0.25) is 0 Å². The Kier molecular flexibility index (Phi) is 7.31. The number of carbonyl (C=O) groups excluding carboxylic acids is 2. The molecule has 1 fully saturated rings. The van der Waals surface area contributed by atoms with Gasteiger partial charge in [0, 0.05) is 18.8 Å². The van der Waals surface area contributed by atoms with Gasteiger partial charge in [0.05, 0.1) is 13.2 Å². The van der Waals surface area contributed by atoms with Gasteiger partial charge < -0.3 is 25.2 Å². The second-order valence-electron chi connectivity index (χ2n) is 9.76. The van der Waals surface area contributed by atoms with Crippen molar-refractivity contribution in [1.29, 1.82) is 0 Å². The normalized spacial score (nSPS) is 21.9. The van der Waals surface area contributed by atoms with E-state index in [-0.39, 0.29) is 19.1 Å². The first-order valence-electron chi connectivity index (χ1n) is 12.7. The second-order valence-corrected chi connectivity index (χ2v) is 9.76. The van der Waals surface area contributed by atoms with Gasteiger partial charge in [-0.1, -0.05) is 48.5 Å². The van der Waals surface area contributed by atoms with Crippen LogP contribution in [-0.4, -0.2) is 49.1 Å². The number of hydrogen-bond donors (Lipinski definition) is 3. The smallest absolute Gasteiger partial charge is 0.407 e. The molecule has 8 nitrogen and oxygen atoms in total. The minimum Gasteiger partial charge on any atom is -0.480 e. The van der Waals surface area contributed by atoms with Gasteiger partial charge in [-0.2, -0.15) is 0 Å². The van der Waals surface area contributed by atoms with Gasteiger partial charge in [0.1, 0.15) is 12.6 Å². The Bertz CT molecular complexity index is 1180. The number of carboxylic acids is 1. The third-order valence-corrected chi connectivity index (χ3v) is 7.63. The zero-order chi connectivity index (χ0) is 25.8. The molecule has 0 unspecified atom stereocenters. The topological polar surface area (TPSA) is 114 Å². The maximum Gasteiger partial charge on any atom is 0.407 e. The summed E-state index contributed by atoms with van der Waals surface area (Å²) in [6.45, 7) is 0.0544. The molecule has 2 aromatic carbocycles. The fourth-order valence-electron chi connectivity index (χ4n) is 5.67. The van der Waals surface area contributed by atoms with Crippen LogP contribution in [0.4, 0.5) is 9.59 Å². The van der Waals surface area contributed by atoms with Gasteiger partial charge in [0.2, 0.25) is 0 Å². The maximum atomic E-state index is 12.5. The summed E-state index contributed by atoms with van der Waals surface area (Å²) >= 11 is 0. The lowest BCUT2D eigenvalue weighted by Gasteiger charge is -2.18. The summed E-state index contributed by atoms with van der Waals surface area (Å²) in [5.74, 6) is 6.31. The average molecular weight is 503 g/mol. The zero-order valence-electron chi connectivity index (χ0n) is 20.4. The van der Waals surface area contributed by atoms with Crippen LogP contribution in [-0.2, 0) is 14.3 Å². The van der Waals surface area contributed by atoms with Crippen LogP contribution in [0.25, 0.3) is 11.1 Å². The molecule has 2 amide bonds. The molecule has 1 saturated carbocycles. The van der Waals surface area contributed by atoms with E-state index in [2.05, 4.69) is 22.5 Å². The Balaban J connectivity index is 1.08.